The minimum atomic E-state index is 0.586. The zero-order valence-corrected chi connectivity index (χ0v) is 9.55. The molecule has 82 valence electrons. The fourth-order valence-corrected chi connectivity index (χ4v) is 1.89. The molecule has 0 amide bonds. The molecule has 1 aromatic carbocycles. The van der Waals surface area contributed by atoms with E-state index in [1.165, 1.54) is 11.1 Å². The Morgan fingerprint density at radius 2 is 2.27 bits per heavy atom. The van der Waals surface area contributed by atoms with Gasteiger partial charge in [0.2, 0.25) is 0 Å². The van der Waals surface area contributed by atoms with E-state index in [2.05, 4.69) is 37.4 Å². The second-order valence-corrected chi connectivity index (χ2v) is 4.53. The summed E-state index contributed by atoms with van der Waals surface area (Å²) in [6.07, 6.45) is 1.09. The highest BCUT2D eigenvalue weighted by Crippen LogP contribution is 2.25. The summed E-state index contributed by atoms with van der Waals surface area (Å²) >= 11 is 0. The first-order valence-corrected chi connectivity index (χ1v) is 5.71. The van der Waals surface area contributed by atoms with E-state index in [0.29, 0.717) is 5.92 Å². The van der Waals surface area contributed by atoms with Gasteiger partial charge in [0.1, 0.15) is 5.75 Å². The van der Waals surface area contributed by atoms with Crippen molar-refractivity contribution >= 4 is 0 Å². The van der Waals surface area contributed by atoms with Crippen LogP contribution < -0.4 is 10.1 Å². The Hall–Kier alpha value is -1.02. The standard InChI is InChI=1S/C13H19NO/c1-10(2)9-15-13-5-3-4-11-8-14-7-6-12(11)13/h3-5,10,14H,6-9H2,1-2H3. The second kappa shape index (κ2) is 4.67. The molecule has 0 saturated carbocycles. The zero-order chi connectivity index (χ0) is 10.7. The van der Waals surface area contributed by atoms with Crippen LogP contribution in [-0.2, 0) is 13.0 Å². The molecule has 2 nitrogen and oxygen atoms in total. The quantitative estimate of drug-likeness (QED) is 0.818. The highest BCUT2D eigenvalue weighted by Gasteiger charge is 2.13. The summed E-state index contributed by atoms with van der Waals surface area (Å²) in [6, 6.07) is 6.36. The molecule has 0 bridgehead atoms. The molecule has 0 unspecified atom stereocenters. The van der Waals surface area contributed by atoms with Gasteiger partial charge in [0.15, 0.2) is 0 Å². The molecule has 1 aromatic rings. The summed E-state index contributed by atoms with van der Waals surface area (Å²) in [6.45, 7) is 7.21. The Morgan fingerprint density at radius 1 is 1.40 bits per heavy atom. The van der Waals surface area contributed by atoms with Crippen molar-refractivity contribution in [3.8, 4) is 5.75 Å². The van der Waals surface area contributed by atoms with E-state index in [-0.39, 0.29) is 0 Å². The van der Waals surface area contributed by atoms with Gasteiger partial charge in [-0.2, -0.15) is 0 Å². The van der Waals surface area contributed by atoms with E-state index in [1.807, 2.05) is 0 Å². The Balaban J connectivity index is 2.16. The monoisotopic (exact) mass is 205 g/mol. The van der Waals surface area contributed by atoms with E-state index in [9.17, 15) is 0 Å². The van der Waals surface area contributed by atoms with Gasteiger partial charge >= 0.3 is 0 Å². The van der Waals surface area contributed by atoms with Crippen molar-refractivity contribution < 1.29 is 4.74 Å². The van der Waals surface area contributed by atoms with Gasteiger partial charge in [0.05, 0.1) is 6.61 Å². The van der Waals surface area contributed by atoms with Gasteiger partial charge in [-0.1, -0.05) is 26.0 Å². The van der Waals surface area contributed by atoms with Gasteiger partial charge in [-0.15, -0.1) is 0 Å². The lowest BCUT2D eigenvalue weighted by Crippen LogP contribution is -2.24. The molecule has 0 saturated heterocycles. The van der Waals surface area contributed by atoms with Crippen molar-refractivity contribution in [3.63, 3.8) is 0 Å². The molecule has 1 heterocycles. The molecular formula is C13H19NO. The summed E-state index contributed by atoms with van der Waals surface area (Å²) in [5, 5.41) is 3.38. The first-order chi connectivity index (χ1) is 7.27. The van der Waals surface area contributed by atoms with Crippen LogP contribution in [0.4, 0.5) is 0 Å². The van der Waals surface area contributed by atoms with Crippen molar-refractivity contribution in [3.05, 3.63) is 29.3 Å². The third kappa shape index (κ3) is 2.51. The normalized spacial score (nSPS) is 15.1. The molecule has 2 heteroatoms. The van der Waals surface area contributed by atoms with Crippen molar-refractivity contribution in [2.45, 2.75) is 26.8 Å². The average Bonchev–Trinajstić information content (AvgIpc) is 2.26. The Morgan fingerprint density at radius 3 is 3.07 bits per heavy atom. The smallest absolute Gasteiger partial charge is 0.122 e. The van der Waals surface area contributed by atoms with E-state index in [4.69, 9.17) is 4.74 Å². The zero-order valence-electron chi connectivity index (χ0n) is 9.55. The predicted octanol–water partition coefficient (Wildman–Crippen LogP) is 2.37. The average molecular weight is 205 g/mol. The first kappa shape index (κ1) is 10.5. The molecular weight excluding hydrogens is 186 g/mol. The van der Waals surface area contributed by atoms with Crippen LogP contribution in [0.15, 0.2) is 18.2 Å². The predicted molar refractivity (Wildman–Crippen MR) is 62.2 cm³/mol. The Kier molecular flexibility index (Phi) is 3.27. The number of nitrogens with one attached hydrogen (secondary N) is 1. The summed E-state index contributed by atoms with van der Waals surface area (Å²) in [7, 11) is 0. The fourth-order valence-electron chi connectivity index (χ4n) is 1.89. The van der Waals surface area contributed by atoms with Crippen molar-refractivity contribution in [2.24, 2.45) is 5.92 Å². The molecule has 0 aliphatic carbocycles. The Bertz CT molecular complexity index is 333. The fraction of sp³-hybridized carbons (Fsp3) is 0.538. The van der Waals surface area contributed by atoms with Gasteiger partial charge < -0.3 is 10.1 Å². The topological polar surface area (TPSA) is 21.3 Å². The molecule has 0 aromatic heterocycles. The van der Waals surface area contributed by atoms with Gasteiger partial charge in [-0.3, -0.25) is 0 Å². The van der Waals surface area contributed by atoms with Gasteiger partial charge in [-0.05, 0) is 36.1 Å². The molecule has 1 N–H and O–H groups in total. The van der Waals surface area contributed by atoms with Gasteiger partial charge in [0.25, 0.3) is 0 Å². The number of ether oxygens (including phenoxy) is 1. The minimum Gasteiger partial charge on any atom is -0.493 e. The molecule has 1 aliphatic heterocycles. The van der Waals surface area contributed by atoms with Crippen molar-refractivity contribution in [1.29, 1.82) is 0 Å². The summed E-state index contributed by atoms with van der Waals surface area (Å²) in [4.78, 5) is 0. The molecule has 1 aliphatic rings. The maximum Gasteiger partial charge on any atom is 0.122 e. The SMILES string of the molecule is CC(C)COc1cccc2c1CCNC2. The Labute approximate surface area is 91.6 Å². The largest absolute Gasteiger partial charge is 0.493 e. The maximum absolute atomic E-state index is 5.84. The molecule has 15 heavy (non-hydrogen) atoms. The van der Waals surface area contributed by atoms with Crippen LogP contribution in [0.1, 0.15) is 25.0 Å². The molecule has 0 radical (unpaired) electrons. The molecule has 2 rings (SSSR count). The van der Waals surface area contributed by atoms with E-state index >= 15 is 0 Å². The lowest BCUT2D eigenvalue weighted by molar-refractivity contribution is 0.267. The number of hydrogen-bond donors (Lipinski definition) is 1. The lowest BCUT2D eigenvalue weighted by atomic mass is 10.0. The molecule has 0 atom stereocenters. The maximum atomic E-state index is 5.84. The van der Waals surface area contributed by atoms with E-state index in [0.717, 1.165) is 31.9 Å². The van der Waals surface area contributed by atoms with Gasteiger partial charge in [-0.25, -0.2) is 0 Å². The van der Waals surface area contributed by atoms with Crippen molar-refractivity contribution in [2.75, 3.05) is 13.2 Å². The van der Waals surface area contributed by atoms with Gasteiger partial charge in [0, 0.05) is 6.54 Å². The second-order valence-electron chi connectivity index (χ2n) is 4.53. The number of fused-ring (bicyclic) bond motifs is 1. The summed E-state index contributed by atoms with van der Waals surface area (Å²) in [5.41, 5.74) is 2.79. The van der Waals surface area contributed by atoms with Crippen LogP contribution in [0.2, 0.25) is 0 Å². The lowest BCUT2D eigenvalue weighted by Gasteiger charge is -2.20. The summed E-state index contributed by atoms with van der Waals surface area (Å²) in [5.74, 6) is 1.67. The van der Waals surface area contributed by atoms with Crippen LogP contribution in [-0.4, -0.2) is 13.2 Å². The molecule has 0 spiro atoms. The molecule has 0 fully saturated rings. The van der Waals surface area contributed by atoms with E-state index < -0.39 is 0 Å². The van der Waals surface area contributed by atoms with Crippen LogP contribution >= 0.6 is 0 Å². The van der Waals surface area contributed by atoms with Crippen LogP contribution in [0.25, 0.3) is 0 Å². The highest BCUT2D eigenvalue weighted by atomic mass is 16.5. The van der Waals surface area contributed by atoms with E-state index in [1.54, 1.807) is 0 Å². The third-order valence-corrected chi connectivity index (χ3v) is 2.67. The summed E-state index contributed by atoms with van der Waals surface area (Å²) < 4.78 is 5.84. The van der Waals surface area contributed by atoms with Crippen molar-refractivity contribution in [1.82, 2.24) is 5.32 Å². The minimum absolute atomic E-state index is 0.586. The highest BCUT2D eigenvalue weighted by molar-refractivity contribution is 5.41. The first-order valence-electron chi connectivity index (χ1n) is 5.71. The van der Waals surface area contributed by atoms with Crippen LogP contribution in [0, 0.1) is 5.92 Å². The van der Waals surface area contributed by atoms with Crippen LogP contribution in [0.3, 0.4) is 0 Å². The third-order valence-electron chi connectivity index (χ3n) is 2.67. The van der Waals surface area contributed by atoms with Crippen LogP contribution in [0.5, 0.6) is 5.75 Å². The number of benzene rings is 1. The number of hydrogen-bond acceptors (Lipinski definition) is 2. The number of rotatable bonds is 3.